The monoisotopic (exact) mass is 172 g/mol. The van der Waals surface area contributed by atoms with Gasteiger partial charge in [-0.2, -0.15) is 0 Å². The molecule has 0 saturated carbocycles. The lowest BCUT2D eigenvalue weighted by Crippen LogP contribution is -2.00. The first-order valence-corrected chi connectivity index (χ1v) is 3.66. The first-order valence-electron chi connectivity index (χ1n) is 3.66. The molecule has 0 aromatic rings. The molecule has 0 heterocycles. The molecule has 2 heteroatoms. The molecule has 2 nitrogen and oxygen atoms in total. The second-order valence-electron chi connectivity index (χ2n) is 2.17. The van der Waals surface area contributed by atoms with Crippen molar-refractivity contribution in [3.05, 3.63) is 25.8 Å². The van der Waals surface area contributed by atoms with Crippen LogP contribution in [0.4, 0.5) is 0 Å². The SMILES string of the molecule is C=C.C=CC(=O)C(C)C.COC. The van der Waals surface area contributed by atoms with E-state index in [1.165, 1.54) is 6.08 Å². The van der Waals surface area contributed by atoms with Gasteiger partial charge in [-0.3, -0.25) is 4.79 Å². The highest BCUT2D eigenvalue weighted by molar-refractivity contribution is 5.90. The van der Waals surface area contributed by atoms with Gasteiger partial charge in [0.05, 0.1) is 0 Å². The van der Waals surface area contributed by atoms with Gasteiger partial charge in [-0.25, -0.2) is 0 Å². The zero-order valence-corrected chi connectivity index (χ0v) is 8.59. The van der Waals surface area contributed by atoms with Crippen LogP contribution in [-0.4, -0.2) is 20.0 Å². The van der Waals surface area contributed by atoms with Crippen LogP contribution < -0.4 is 0 Å². The molecule has 0 unspecified atom stereocenters. The molecule has 0 rings (SSSR count). The summed E-state index contributed by atoms with van der Waals surface area (Å²) in [6, 6.07) is 0. The van der Waals surface area contributed by atoms with E-state index >= 15 is 0 Å². The van der Waals surface area contributed by atoms with Crippen LogP contribution in [0.2, 0.25) is 0 Å². The molecule has 0 saturated heterocycles. The molecule has 12 heavy (non-hydrogen) atoms. The molecule has 0 amide bonds. The third-order valence-corrected chi connectivity index (χ3v) is 0.770. The maximum absolute atomic E-state index is 10.4. The van der Waals surface area contributed by atoms with Crippen LogP contribution in [0.5, 0.6) is 0 Å². The van der Waals surface area contributed by atoms with Gasteiger partial charge in [0.25, 0.3) is 0 Å². The van der Waals surface area contributed by atoms with Crippen LogP contribution in [0.25, 0.3) is 0 Å². The Morgan fingerprint density at radius 3 is 1.58 bits per heavy atom. The van der Waals surface area contributed by atoms with E-state index in [2.05, 4.69) is 24.5 Å². The maximum Gasteiger partial charge on any atom is 0.157 e. The smallest absolute Gasteiger partial charge is 0.157 e. The zero-order chi connectivity index (χ0) is 10.6. The van der Waals surface area contributed by atoms with E-state index in [4.69, 9.17) is 0 Å². The third-order valence-electron chi connectivity index (χ3n) is 0.770. The quantitative estimate of drug-likeness (QED) is 0.472. The van der Waals surface area contributed by atoms with Gasteiger partial charge in [0.2, 0.25) is 0 Å². The van der Waals surface area contributed by atoms with Crippen molar-refractivity contribution < 1.29 is 9.53 Å². The standard InChI is InChI=1S/C6H10O.C2H6O.C2H4/c1-4-6(7)5(2)3;1-3-2;1-2/h4-5H,1H2,2-3H3;1-2H3;1-2H2. The highest BCUT2D eigenvalue weighted by atomic mass is 16.4. The van der Waals surface area contributed by atoms with Crippen LogP contribution in [-0.2, 0) is 9.53 Å². The zero-order valence-electron chi connectivity index (χ0n) is 8.59. The molecule has 0 aromatic heterocycles. The average molecular weight is 172 g/mol. The Morgan fingerprint density at radius 1 is 1.33 bits per heavy atom. The summed E-state index contributed by atoms with van der Waals surface area (Å²) in [7, 11) is 3.25. The van der Waals surface area contributed by atoms with E-state index < -0.39 is 0 Å². The number of carbonyl (C=O) groups excluding carboxylic acids is 1. The lowest BCUT2D eigenvalue weighted by atomic mass is 10.1. The fourth-order valence-electron chi connectivity index (χ4n) is 0.236. The first kappa shape index (κ1) is 17.3. The second-order valence-corrected chi connectivity index (χ2v) is 2.17. The van der Waals surface area contributed by atoms with E-state index in [9.17, 15) is 4.79 Å². The van der Waals surface area contributed by atoms with Gasteiger partial charge in [-0.1, -0.05) is 20.4 Å². The van der Waals surface area contributed by atoms with Crippen molar-refractivity contribution in [2.24, 2.45) is 5.92 Å². The molecule has 0 spiro atoms. The van der Waals surface area contributed by atoms with Crippen molar-refractivity contribution in [1.29, 1.82) is 0 Å². The number of rotatable bonds is 2. The Balaban J connectivity index is -0.000000137. The van der Waals surface area contributed by atoms with Crippen molar-refractivity contribution in [2.75, 3.05) is 14.2 Å². The van der Waals surface area contributed by atoms with E-state index in [-0.39, 0.29) is 11.7 Å². The summed E-state index contributed by atoms with van der Waals surface area (Å²) < 4.78 is 4.25. The summed E-state index contributed by atoms with van der Waals surface area (Å²) in [6.07, 6.45) is 1.35. The predicted molar refractivity (Wildman–Crippen MR) is 54.2 cm³/mol. The van der Waals surface area contributed by atoms with Crippen molar-refractivity contribution in [3.8, 4) is 0 Å². The summed E-state index contributed by atoms with van der Waals surface area (Å²) in [5.41, 5.74) is 0. The van der Waals surface area contributed by atoms with Gasteiger partial charge in [0.1, 0.15) is 0 Å². The predicted octanol–water partition coefficient (Wildman–Crippen LogP) is 2.46. The van der Waals surface area contributed by atoms with Crippen LogP contribution in [0, 0.1) is 5.92 Å². The van der Waals surface area contributed by atoms with Crippen LogP contribution in [0.3, 0.4) is 0 Å². The second kappa shape index (κ2) is 16.6. The number of hydrogen-bond acceptors (Lipinski definition) is 2. The van der Waals surface area contributed by atoms with Gasteiger partial charge >= 0.3 is 0 Å². The van der Waals surface area contributed by atoms with Crippen molar-refractivity contribution >= 4 is 5.78 Å². The van der Waals surface area contributed by atoms with E-state index in [0.29, 0.717) is 0 Å². The molecule has 0 aliphatic heterocycles. The molecule has 0 radical (unpaired) electrons. The Morgan fingerprint density at radius 2 is 1.58 bits per heavy atom. The van der Waals surface area contributed by atoms with Crippen LogP contribution in [0.15, 0.2) is 25.8 Å². The van der Waals surface area contributed by atoms with Crippen LogP contribution >= 0.6 is 0 Å². The normalized spacial score (nSPS) is 7.08. The number of hydrogen-bond donors (Lipinski definition) is 0. The third kappa shape index (κ3) is 22.9. The Kier molecular flexibility index (Phi) is 23.9. The highest BCUT2D eigenvalue weighted by Crippen LogP contribution is 1.92. The molecule has 0 aliphatic rings. The molecular weight excluding hydrogens is 152 g/mol. The fourth-order valence-corrected chi connectivity index (χ4v) is 0.236. The lowest BCUT2D eigenvalue weighted by Gasteiger charge is -1.92. The summed E-state index contributed by atoms with van der Waals surface area (Å²) in [5.74, 6) is 0.220. The number of methoxy groups -OCH3 is 1. The molecule has 0 aromatic carbocycles. The molecule has 0 aliphatic carbocycles. The van der Waals surface area contributed by atoms with E-state index in [1.54, 1.807) is 14.2 Å². The molecule has 72 valence electrons. The Labute approximate surface area is 75.9 Å². The number of ketones is 1. The average Bonchev–Trinajstić information content (AvgIpc) is 2.08. The lowest BCUT2D eigenvalue weighted by molar-refractivity contribution is -0.117. The van der Waals surface area contributed by atoms with Gasteiger partial charge in [0, 0.05) is 20.1 Å². The van der Waals surface area contributed by atoms with E-state index in [0.717, 1.165) is 0 Å². The summed E-state index contributed by atoms with van der Waals surface area (Å²) >= 11 is 0. The van der Waals surface area contributed by atoms with Gasteiger partial charge in [-0.15, -0.1) is 13.2 Å². The van der Waals surface area contributed by atoms with Crippen molar-refractivity contribution in [2.45, 2.75) is 13.8 Å². The van der Waals surface area contributed by atoms with Crippen LogP contribution in [0.1, 0.15) is 13.8 Å². The number of ether oxygens (including phenoxy) is 1. The molecule has 0 bridgehead atoms. The molecule has 0 atom stereocenters. The van der Waals surface area contributed by atoms with E-state index in [1.807, 2.05) is 13.8 Å². The summed E-state index contributed by atoms with van der Waals surface area (Å²) in [4.78, 5) is 10.4. The summed E-state index contributed by atoms with van der Waals surface area (Å²) in [6.45, 7) is 13.0. The Hall–Kier alpha value is -0.890. The molecular formula is C10H20O2. The number of carbonyl (C=O) groups is 1. The first-order chi connectivity index (χ1) is 5.59. The molecule has 0 N–H and O–H groups in total. The van der Waals surface area contributed by atoms with Gasteiger partial charge in [-0.05, 0) is 6.08 Å². The summed E-state index contributed by atoms with van der Waals surface area (Å²) in [5, 5.41) is 0. The minimum absolute atomic E-state index is 0.109. The number of allylic oxidation sites excluding steroid dienone is 1. The van der Waals surface area contributed by atoms with Gasteiger partial charge in [0.15, 0.2) is 5.78 Å². The van der Waals surface area contributed by atoms with Gasteiger partial charge < -0.3 is 4.74 Å². The molecule has 0 fully saturated rings. The topological polar surface area (TPSA) is 26.3 Å². The largest absolute Gasteiger partial charge is 0.388 e. The van der Waals surface area contributed by atoms with Crippen molar-refractivity contribution in [1.82, 2.24) is 0 Å². The minimum atomic E-state index is 0.109. The minimum Gasteiger partial charge on any atom is -0.388 e. The Bertz CT molecular complexity index is 106. The van der Waals surface area contributed by atoms with Crippen molar-refractivity contribution in [3.63, 3.8) is 0 Å². The fraction of sp³-hybridized carbons (Fsp3) is 0.500. The maximum atomic E-state index is 10.4. The highest BCUT2D eigenvalue weighted by Gasteiger charge is 1.98.